The second-order valence-corrected chi connectivity index (χ2v) is 14.0. The van der Waals surface area contributed by atoms with Crippen LogP contribution < -0.4 is 5.32 Å². The summed E-state index contributed by atoms with van der Waals surface area (Å²) in [6.07, 6.45) is 0. The van der Waals surface area contributed by atoms with Crippen LogP contribution in [-0.4, -0.2) is 25.2 Å². The number of nitrogens with zero attached hydrogens (tertiary/aromatic N) is 2. The monoisotopic (exact) mass is 691 g/mol. The summed E-state index contributed by atoms with van der Waals surface area (Å²) in [4.78, 5) is 21.5. The van der Waals surface area contributed by atoms with Crippen molar-refractivity contribution in [2.45, 2.75) is 35.8 Å². The van der Waals surface area contributed by atoms with Crippen LogP contribution in [0.3, 0.4) is 0 Å². The Morgan fingerprint density at radius 2 is 1.43 bits per heavy atom. The van der Waals surface area contributed by atoms with Gasteiger partial charge in [-0.05, 0) is 59.5 Å². The standard InChI is InChI=1S/C37H30BrN3O4S/c1-25-16-22-30(23-17-25)46(43,44)40-36-37(31-14-8-9-15-32(31)39-36)33(27-18-20-29(38)21-19-27)35(42)41(34(37)28-12-6-3-7-13-28)45-24-26-10-4-2-5-11-26/h2-23,33-34H,24H2,1H3,(H,39,40). The molecule has 230 valence electrons. The molecule has 7 nitrogen and oxygen atoms in total. The van der Waals surface area contributed by atoms with Gasteiger partial charge in [0.25, 0.3) is 15.9 Å². The first-order valence-corrected chi connectivity index (χ1v) is 17.1. The molecular weight excluding hydrogens is 662 g/mol. The number of para-hydroxylation sites is 1. The van der Waals surface area contributed by atoms with Gasteiger partial charge < -0.3 is 5.32 Å². The van der Waals surface area contributed by atoms with Crippen LogP contribution in [0.15, 0.2) is 147 Å². The molecule has 0 bridgehead atoms. The van der Waals surface area contributed by atoms with Gasteiger partial charge in [-0.3, -0.25) is 9.63 Å². The second-order valence-electron chi connectivity index (χ2n) is 11.5. The molecule has 2 aliphatic rings. The Morgan fingerprint density at radius 3 is 2.13 bits per heavy atom. The first kappa shape index (κ1) is 30.1. The van der Waals surface area contributed by atoms with Gasteiger partial charge in [-0.1, -0.05) is 125 Å². The fraction of sp³-hybridized carbons (Fsp3) is 0.135. The molecule has 1 N–H and O–H groups in total. The molecular formula is C37H30BrN3O4S. The Balaban J connectivity index is 1.51. The maximum atomic E-state index is 14.9. The van der Waals surface area contributed by atoms with Gasteiger partial charge in [-0.25, -0.2) is 5.06 Å². The molecule has 0 radical (unpaired) electrons. The van der Waals surface area contributed by atoms with E-state index in [1.165, 1.54) is 5.06 Å². The van der Waals surface area contributed by atoms with E-state index >= 15 is 0 Å². The average molecular weight is 693 g/mol. The third-order valence-electron chi connectivity index (χ3n) is 8.67. The van der Waals surface area contributed by atoms with E-state index in [1.807, 2.05) is 116 Å². The number of hydrogen-bond acceptors (Lipinski definition) is 4. The van der Waals surface area contributed by atoms with Crippen molar-refractivity contribution < 1.29 is 18.0 Å². The number of carbonyl (C=O) groups excluding carboxylic acids is 1. The third kappa shape index (κ3) is 5.14. The molecule has 2 heterocycles. The number of halogens is 1. The summed E-state index contributed by atoms with van der Waals surface area (Å²) in [5.41, 5.74) is 3.44. The summed E-state index contributed by atoms with van der Waals surface area (Å²) in [7, 11) is -4.20. The molecule has 9 heteroatoms. The predicted octanol–water partition coefficient (Wildman–Crippen LogP) is 7.71. The Labute approximate surface area is 276 Å². The summed E-state index contributed by atoms with van der Waals surface area (Å²) < 4.78 is 33.5. The summed E-state index contributed by atoms with van der Waals surface area (Å²) in [6.45, 7) is 2.04. The summed E-state index contributed by atoms with van der Waals surface area (Å²) >= 11 is 3.53. The van der Waals surface area contributed by atoms with Crippen LogP contribution in [0.4, 0.5) is 5.69 Å². The lowest BCUT2D eigenvalue weighted by molar-refractivity contribution is -0.198. The minimum Gasteiger partial charge on any atom is -0.342 e. The zero-order chi connectivity index (χ0) is 31.9. The zero-order valence-corrected chi connectivity index (χ0v) is 27.3. The normalized spacial score (nSPS) is 21.5. The van der Waals surface area contributed by atoms with E-state index in [2.05, 4.69) is 25.6 Å². The molecule has 1 fully saturated rings. The molecule has 5 aromatic rings. The number of benzene rings is 5. The van der Waals surface area contributed by atoms with Gasteiger partial charge in [-0.2, -0.15) is 8.42 Å². The molecule has 1 spiro atoms. The number of hydroxylamine groups is 2. The smallest absolute Gasteiger partial charge is 0.283 e. The molecule has 3 unspecified atom stereocenters. The summed E-state index contributed by atoms with van der Waals surface area (Å²) in [5, 5.41) is 4.79. The molecule has 0 aromatic heterocycles. The SMILES string of the molecule is Cc1ccc(S(=O)(=O)/N=C2\Nc3ccccc3C23C(c2ccc(Br)cc2)C(=O)N(OCc2ccccc2)C3c2ccccc2)cc1. The fourth-order valence-electron chi connectivity index (χ4n) is 6.60. The highest BCUT2D eigenvalue weighted by Crippen LogP contribution is 2.61. The van der Waals surface area contributed by atoms with Gasteiger partial charge in [0, 0.05) is 10.2 Å². The van der Waals surface area contributed by atoms with E-state index in [-0.39, 0.29) is 23.2 Å². The number of amidine groups is 1. The first-order chi connectivity index (χ1) is 22.3. The molecule has 3 atom stereocenters. The van der Waals surface area contributed by atoms with E-state index < -0.39 is 27.4 Å². The van der Waals surface area contributed by atoms with Crippen molar-refractivity contribution >= 4 is 43.4 Å². The number of hydrogen-bond donors (Lipinski definition) is 1. The van der Waals surface area contributed by atoms with Crippen LogP contribution >= 0.6 is 15.9 Å². The fourth-order valence-corrected chi connectivity index (χ4v) is 7.89. The molecule has 7 rings (SSSR count). The predicted molar refractivity (Wildman–Crippen MR) is 182 cm³/mol. The number of amides is 1. The van der Waals surface area contributed by atoms with Crippen molar-refractivity contribution in [2.24, 2.45) is 4.40 Å². The third-order valence-corrected chi connectivity index (χ3v) is 10.5. The van der Waals surface area contributed by atoms with Crippen LogP contribution in [0.25, 0.3) is 0 Å². The molecule has 0 aliphatic carbocycles. The molecule has 5 aromatic carbocycles. The van der Waals surface area contributed by atoms with Gasteiger partial charge >= 0.3 is 0 Å². The number of anilines is 1. The van der Waals surface area contributed by atoms with E-state index in [1.54, 1.807) is 24.3 Å². The topological polar surface area (TPSA) is 88.1 Å². The molecule has 2 aliphatic heterocycles. The quantitative estimate of drug-likeness (QED) is 0.189. The van der Waals surface area contributed by atoms with Crippen molar-refractivity contribution in [1.29, 1.82) is 0 Å². The minimum atomic E-state index is -4.20. The second kappa shape index (κ2) is 12.0. The molecule has 1 saturated heterocycles. The van der Waals surface area contributed by atoms with Gasteiger partial charge in [0.1, 0.15) is 18.5 Å². The highest BCUT2D eigenvalue weighted by molar-refractivity contribution is 9.10. The largest absolute Gasteiger partial charge is 0.342 e. The average Bonchev–Trinajstić information content (AvgIpc) is 3.52. The number of rotatable bonds is 7. The Hall–Kier alpha value is -4.57. The number of carbonyl (C=O) groups is 1. The Kier molecular flexibility index (Phi) is 7.84. The number of nitrogens with one attached hydrogen (secondary N) is 1. The lowest BCUT2D eigenvalue weighted by atomic mass is 9.64. The maximum Gasteiger partial charge on any atom is 0.283 e. The van der Waals surface area contributed by atoms with Crippen LogP contribution in [0.2, 0.25) is 0 Å². The highest BCUT2D eigenvalue weighted by Gasteiger charge is 2.67. The van der Waals surface area contributed by atoms with Crippen LogP contribution in [0, 0.1) is 6.92 Å². The maximum absolute atomic E-state index is 14.9. The lowest BCUT2D eigenvalue weighted by Gasteiger charge is -2.37. The van der Waals surface area contributed by atoms with Gasteiger partial charge in [0.2, 0.25) is 0 Å². The number of aryl methyl sites for hydroxylation is 1. The lowest BCUT2D eigenvalue weighted by Crippen LogP contribution is -2.44. The Bertz CT molecular complexity index is 2040. The van der Waals surface area contributed by atoms with Crippen LogP contribution in [0.1, 0.15) is 39.8 Å². The van der Waals surface area contributed by atoms with Crippen LogP contribution in [-0.2, 0) is 31.7 Å². The van der Waals surface area contributed by atoms with Crippen molar-refractivity contribution in [3.63, 3.8) is 0 Å². The van der Waals surface area contributed by atoms with Crippen molar-refractivity contribution in [3.8, 4) is 0 Å². The number of sulfonamides is 1. The Morgan fingerprint density at radius 1 is 0.804 bits per heavy atom. The molecule has 0 saturated carbocycles. The van der Waals surface area contributed by atoms with Crippen molar-refractivity contribution in [1.82, 2.24) is 5.06 Å². The van der Waals surface area contributed by atoms with Gasteiger partial charge in [0.15, 0.2) is 0 Å². The van der Waals surface area contributed by atoms with E-state index in [0.717, 1.165) is 26.7 Å². The van der Waals surface area contributed by atoms with Gasteiger partial charge in [0.05, 0.1) is 16.2 Å². The van der Waals surface area contributed by atoms with Gasteiger partial charge in [-0.15, -0.1) is 4.40 Å². The summed E-state index contributed by atoms with van der Waals surface area (Å²) in [6, 6.07) is 40.2. The molecule has 1 amide bonds. The highest BCUT2D eigenvalue weighted by atomic mass is 79.9. The van der Waals surface area contributed by atoms with Crippen LogP contribution in [0.5, 0.6) is 0 Å². The minimum absolute atomic E-state index is 0.0662. The zero-order valence-electron chi connectivity index (χ0n) is 24.9. The van der Waals surface area contributed by atoms with E-state index in [4.69, 9.17) is 4.84 Å². The molecule has 46 heavy (non-hydrogen) atoms. The van der Waals surface area contributed by atoms with Crippen molar-refractivity contribution in [2.75, 3.05) is 5.32 Å². The first-order valence-electron chi connectivity index (χ1n) is 14.9. The van der Waals surface area contributed by atoms with Crippen molar-refractivity contribution in [3.05, 3.63) is 166 Å². The van der Waals surface area contributed by atoms with E-state index in [0.29, 0.717) is 11.3 Å². The number of fused-ring (bicyclic) bond motifs is 2. The van der Waals surface area contributed by atoms with E-state index in [9.17, 15) is 13.2 Å². The summed E-state index contributed by atoms with van der Waals surface area (Å²) in [5.74, 6) is -1.02.